The van der Waals surface area contributed by atoms with Gasteiger partial charge in [-0.25, -0.2) is 9.78 Å². The maximum absolute atomic E-state index is 13.2. The first kappa shape index (κ1) is 22.7. The lowest BCUT2D eigenvalue weighted by molar-refractivity contribution is -0.147. The normalized spacial score (nSPS) is 12.8. The fourth-order valence-corrected chi connectivity index (χ4v) is 3.31. The van der Waals surface area contributed by atoms with Gasteiger partial charge in [-0.15, -0.1) is 0 Å². The van der Waals surface area contributed by atoms with Crippen molar-refractivity contribution in [1.29, 1.82) is 0 Å². The van der Waals surface area contributed by atoms with Gasteiger partial charge in [0.15, 0.2) is 6.10 Å². The van der Waals surface area contributed by atoms with Crippen LogP contribution in [0.1, 0.15) is 39.1 Å². The maximum Gasteiger partial charge on any atom is 0.346 e. The number of carbonyl (C=O) groups is 1. The van der Waals surface area contributed by atoms with Crippen LogP contribution in [0.3, 0.4) is 0 Å². The molecular weight excluding hydrogens is 462 g/mol. The minimum absolute atomic E-state index is 0.251. The zero-order valence-corrected chi connectivity index (χ0v) is 19.6. The number of ether oxygens (including phenoxy) is 2. The van der Waals surface area contributed by atoms with E-state index < -0.39 is 17.5 Å². The number of rotatable bonds is 5. The lowest BCUT2D eigenvalue weighted by atomic mass is 9.95. The lowest BCUT2D eigenvalue weighted by Crippen LogP contribution is -2.29. The molecule has 0 N–H and O–H groups in total. The molecule has 31 heavy (non-hydrogen) atoms. The molecule has 162 valence electrons. The monoisotopic (exact) mass is 485 g/mol. The van der Waals surface area contributed by atoms with Crippen LogP contribution >= 0.6 is 15.9 Å². The van der Waals surface area contributed by atoms with Gasteiger partial charge in [0.2, 0.25) is 0 Å². The van der Waals surface area contributed by atoms with Gasteiger partial charge < -0.3 is 9.47 Å². The molecule has 1 aromatic heterocycles. The van der Waals surface area contributed by atoms with Crippen molar-refractivity contribution in [2.75, 3.05) is 7.11 Å². The van der Waals surface area contributed by atoms with E-state index in [0.717, 1.165) is 4.47 Å². The fraction of sp³-hybridized carbons (Fsp3) is 0.304. The Balaban J connectivity index is 2.03. The predicted octanol–water partition coefficient (Wildman–Crippen LogP) is 4.28. The zero-order chi connectivity index (χ0) is 22.8. The first-order valence-electron chi connectivity index (χ1n) is 9.72. The summed E-state index contributed by atoms with van der Waals surface area (Å²) >= 11 is 3.41. The van der Waals surface area contributed by atoms with E-state index in [0.29, 0.717) is 28.0 Å². The molecular formula is C23H24BrN3O4. The van der Waals surface area contributed by atoms with Crippen molar-refractivity contribution >= 4 is 39.0 Å². The Morgan fingerprint density at radius 1 is 1.23 bits per heavy atom. The number of esters is 1. The second kappa shape index (κ2) is 9.01. The molecule has 2 aromatic carbocycles. The molecule has 0 aliphatic carbocycles. The third-order valence-electron chi connectivity index (χ3n) is 4.51. The quantitative estimate of drug-likeness (QED) is 0.397. The molecule has 1 heterocycles. The number of fused-ring (bicyclic) bond motifs is 1. The number of hydrogen-bond acceptors (Lipinski definition) is 6. The van der Waals surface area contributed by atoms with Crippen LogP contribution in [0.4, 0.5) is 0 Å². The Kier molecular flexibility index (Phi) is 6.59. The van der Waals surface area contributed by atoms with E-state index in [1.807, 2.05) is 39.0 Å². The summed E-state index contributed by atoms with van der Waals surface area (Å²) in [6.07, 6.45) is 0.827. The molecule has 8 heteroatoms. The van der Waals surface area contributed by atoms with Crippen LogP contribution in [0.25, 0.3) is 10.9 Å². The van der Waals surface area contributed by atoms with Crippen molar-refractivity contribution in [2.45, 2.75) is 39.2 Å². The van der Waals surface area contributed by atoms with Gasteiger partial charge in [0.25, 0.3) is 5.56 Å². The second-order valence-corrected chi connectivity index (χ2v) is 8.98. The largest absolute Gasteiger partial charge is 0.479 e. The highest BCUT2D eigenvalue weighted by Crippen LogP contribution is 2.23. The Hall–Kier alpha value is -3.00. The predicted molar refractivity (Wildman–Crippen MR) is 124 cm³/mol. The first-order chi connectivity index (χ1) is 14.6. The minimum atomic E-state index is -0.740. The summed E-state index contributed by atoms with van der Waals surface area (Å²) in [5.41, 5.74) is 0.671. The average molecular weight is 486 g/mol. The van der Waals surface area contributed by atoms with Crippen molar-refractivity contribution < 1.29 is 14.3 Å². The Bertz CT molecular complexity index is 1210. The van der Waals surface area contributed by atoms with Crippen LogP contribution < -0.4 is 10.3 Å². The van der Waals surface area contributed by atoms with Crippen molar-refractivity contribution in [1.82, 2.24) is 9.66 Å². The number of halogens is 1. The van der Waals surface area contributed by atoms with Crippen molar-refractivity contribution in [3.8, 4) is 5.75 Å². The molecule has 0 aliphatic heterocycles. The molecule has 0 saturated heterocycles. The fourth-order valence-electron chi connectivity index (χ4n) is 2.95. The van der Waals surface area contributed by atoms with Gasteiger partial charge in [0.05, 0.1) is 24.2 Å². The van der Waals surface area contributed by atoms with Crippen LogP contribution in [0, 0.1) is 0 Å². The van der Waals surface area contributed by atoms with Gasteiger partial charge in [0.1, 0.15) is 11.6 Å². The summed E-state index contributed by atoms with van der Waals surface area (Å²) < 4.78 is 12.4. The molecule has 0 fully saturated rings. The van der Waals surface area contributed by atoms with Crippen molar-refractivity contribution in [3.05, 3.63) is 68.7 Å². The van der Waals surface area contributed by atoms with Crippen LogP contribution in [0.5, 0.6) is 5.75 Å². The van der Waals surface area contributed by atoms with Gasteiger partial charge in [-0.05, 0) is 42.8 Å². The van der Waals surface area contributed by atoms with Gasteiger partial charge >= 0.3 is 5.97 Å². The molecule has 1 atom stereocenters. The molecule has 0 aliphatic rings. The van der Waals surface area contributed by atoms with Crippen LogP contribution in [-0.4, -0.2) is 35.1 Å². The number of benzene rings is 2. The standard InChI is InChI=1S/C23H24BrN3O4/c1-14(21(29)30-5)31-17-8-6-7-15(11-17)13-25-27-20(28)18-12-16(24)9-10-19(18)26-22(27)23(2,3)4/h6-14H,1-5H3/t14-/m0/s1. The number of methoxy groups -OCH3 is 1. The molecule has 0 spiro atoms. The highest BCUT2D eigenvalue weighted by molar-refractivity contribution is 9.10. The first-order valence-corrected chi connectivity index (χ1v) is 10.5. The number of aromatic nitrogens is 2. The summed E-state index contributed by atoms with van der Waals surface area (Å²) in [5.74, 6) is 0.579. The van der Waals surface area contributed by atoms with Crippen LogP contribution in [0.15, 0.2) is 56.8 Å². The SMILES string of the molecule is COC(=O)[C@H](C)Oc1cccc(C=Nn2c(C(C)(C)C)nc3ccc(Br)cc3c2=O)c1. The van der Waals surface area contributed by atoms with Crippen molar-refractivity contribution in [2.24, 2.45) is 5.10 Å². The smallest absolute Gasteiger partial charge is 0.346 e. The van der Waals surface area contributed by atoms with Crippen molar-refractivity contribution in [3.63, 3.8) is 0 Å². The number of nitrogens with zero attached hydrogens (tertiary/aromatic N) is 3. The summed E-state index contributed by atoms with van der Waals surface area (Å²) in [4.78, 5) is 29.5. The summed E-state index contributed by atoms with van der Waals surface area (Å²) in [6.45, 7) is 7.55. The number of hydrogen-bond donors (Lipinski definition) is 0. The third kappa shape index (κ3) is 5.19. The summed E-state index contributed by atoms with van der Waals surface area (Å²) in [5, 5.41) is 4.92. The molecule has 0 saturated carbocycles. The van der Waals surface area contributed by atoms with Gasteiger partial charge in [0, 0.05) is 9.89 Å². The van der Waals surface area contributed by atoms with Gasteiger partial charge in [-0.3, -0.25) is 4.79 Å². The highest BCUT2D eigenvalue weighted by atomic mass is 79.9. The molecule has 0 radical (unpaired) electrons. The van der Waals surface area contributed by atoms with E-state index in [2.05, 4.69) is 25.8 Å². The van der Waals surface area contributed by atoms with E-state index in [9.17, 15) is 9.59 Å². The van der Waals surface area contributed by atoms with E-state index in [1.54, 1.807) is 37.4 Å². The van der Waals surface area contributed by atoms with Crippen LogP contribution in [0.2, 0.25) is 0 Å². The average Bonchev–Trinajstić information content (AvgIpc) is 2.72. The minimum Gasteiger partial charge on any atom is -0.479 e. The Morgan fingerprint density at radius 2 is 1.97 bits per heavy atom. The summed E-state index contributed by atoms with van der Waals surface area (Å²) in [6, 6.07) is 12.5. The molecule has 7 nitrogen and oxygen atoms in total. The maximum atomic E-state index is 13.2. The zero-order valence-electron chi connectivity index (χ0n) is 18.0. The Morgan fingerprint density at radius 3 is 2.65 bits per heavy atom. The summed E-state index contributed by atoms with van der Waals surface area (Å²) in [7, 11) is 1.31. The van der Waals surface area contributed by atoms with E-state index in [-0.39, 0.29) is 5.56 Å². The molecule has 3 rings (SSSR count). The van der Waals surface area contributed by atoms with Gasteiger partial charge in [-0.2, -0.15) is 9.78 Å². The lowest BCUT2D eigenvalue weighted by Gasteiger charge is -2.20. The number of carbonyl (C=O) groups excluding carboxylic acids is 1. The van der Waals surface area contributed by atoms with E-state index in [1.165, 1.54) is 11.8 Å². The second-order valence-electron chi connectivity index (χ2n) is 8.06. The molecule has 3 aromatic rings. The topological polar surface area (TPSA) is 82.8 Å². The van der Waals surface area contributed by atoms with Gasteiger partial charge in [-0.1, -0.05) is 48.8 Å². The highest BCUT2D eigenvalue weighted by Gasteiger charge is 2.23. The van der Waals surface area contributed by atoms with E-state index in [4.69, 9.17) is 9.72 Å². The molecule has 0 bridgehead atoms. The van der Waals surface area contributed by atoms with Crippen LogP contribution in [-0.2, 0) is 14.9 Å². The molecule has 0 unspecified atom stereocenters. The Labute approximate surface area is 188 Å². The van der Waals surface area contributed by atoms with E-state index >= 15 is 0 Å². The third-order valence-corrected chi connectivity index (χ3v) is 5.00. The molecule has 0 amide bonds.